The molecular weight excluding hydrogens is 339 g/mol. The molecule has 0 aromatic carbocycles. The molecule has 0 aliphatic heterocycles. The summed E-state index contributed by atoms with van der Waals surface area (Å²) < 4.78 is 43.1. The van der Waals surface area contributed by atoms with Crippen molar-refractivity contribution in [1.82, 2.24) is 20.4 Å². The van der Waals surface area contributed by atoms with Crippen molar-refractivity contribution in [3.05, 3.63) is 29.9 Å². The molecule has 0 spiro atoms. The first-order valence-electron chi connectivity index (χ1n) is 7.35. The van der Waals surface area contributed by atoms with E-state index in [2.05, 4.69) is 20.4 Å². The Kier molecular flexibility index (Phi) is 3.94. The molecule has 1 amide bonds. The number of carbonyl (C=O) groups excluding carboxylic acids is 1. The minimum absolute atomic E-state index is 0.0301. The highest BCUT2D eigenvalue weighted by molar-refractivity contribution is 5.88. The Hall–Kier alpha value is -2.96. The number of nitrogens with zero attached hydrogens (tertiary/aromatic N) is 4. The standard InChI is InChI=1S/C15H12F3N5O2/c1-8(21-13(24)14(7-19)3-4-14)12-22-11(23-25-12)9-2-5-20-10(6-9)15(16,17)18/h2,5-6,8H,3-4H2,1H3,(H,21,24)/t8-/m0/s1. The summed E-state index contributed by atoms with van der Waals surface area (Å²) in [5.74, 6) is -0.446. The zero-order valence-corrected chi connectivity index (χ0v) is 13.0. The zero-order valence-electron chi connectivity index (χ0n) is 13.0. The number of carbonyl (C=O) groups is 1. The Bertz CT molecular complexity index is 851. The highest BCUT2D eigenvalue weighted by atomic mass is 19.4. The van der Waals surface area contributed by atoms with Crippen LogP contribution in [0, 0.1) is 16.7 Å². The maximum Gasteiger partial charge on any atom is 0.433 e. The van der Waals surface area contributed by atoms with Crippen molar-refractivity contribution in [3.63, 3.8) is 0 Å². The maximum absolute atomic E-state index is 12.7. The summed E-state index contributed by atoms with van der Waals surface area (Å²) in [6, 6.07) is 3.42. The molecule has 0 bridgehead atoms. The third kappa shape index (κ3) is 3.31. The average molecular weight is 351 g/mol. The Morgan fingerprint density at radius 1 is 1.48 bits per heavy atom. The lowest BCUT2D eigenvalue weighted by molar-refractivity contribution is -0.141. The van der Waals surface area contributed by atoms with Gasteiger partial charge in [-0.1, -0.05) is 5.16 Å². The van der Waals surface area contributed by atoms with Crippen molar-refractivity contribution in [3.8, 4) is 17.5 Å². The number of alkyl halides is 3. The van der Waals surface area contributed by atoms with Gasteiger partial charge in [-0.25, -0.2) is 0 Å². The van der Waals surface area contributed by atoms with Crippen molar-refractivity contribution in [2.75, 3.05) is 0 Å². The Morgan fingerprint density at radius 2 is 2.20 bits per heavy atom. The van der Waals surface area contributed by atoms with E-state index in [0.717, 1.165) is 12.3 Å². The largest absolute Gasteiger partial charge is 0.433 e. The molecule has 1 N–H and O–H groups in total. The van der Waals surface area contributed by atoms with E-state index >= 15 is 0 Å². The van der Waals surface area contributed by atoms with E-state index < -0.39 is 29.2 Å². The number of rotatable bonds is 4. The average Bonchev–Trinajstić information content (AvgIpc) is 3.22. The predicted octanol–water partition coefficient (Wildman–Crippen LogP) is 2.63. The molecule has 2 aromatic heterocycles. The molecule has 2 heterocycles. The van der Waals surface area contributed by atoms with E-state index in [9.17, 15) is 18.0 Å². The molecule has 10 heteroatoms. The summed E-state index contributed by atoms with van der Waals surface area (Å²) in [7, 11) is 0. The van der Waals surface area contributed by atoms with E-state index in [1.807, 2.05) is 6.07 Å². The third-order valence-electron chi connectivity index (χ3n) is 3.87. The zero-order chi connectivity index (χ0) is 18.2. The summed E-state index contributed by atoms with van der Waals surface area (Å²) in [6.07, 6.45) is -2.59. The number of nitrogens with one attached hydrogen (secondary N) is 1. The number of hydrogen-bond acceptors (Lipinski definition) is 6. The lowest BCUT2D eigenvalue weighted by Gasteiger charge is -2.11. The van der Waals surface area contributed by atoms with Gasteiger partial charge in [0, 0.05) is 11.8 Å². The van der Waals surface area contributed by atoms with E-state index in [0.29, 0.717) is 12.8 Å². The number of halogens is 3. The summed E-state index contributed by atoms with van der Waals surface area (Å²) >= 11 is 0. The number of nitriles is 1. The number of hydrogen-bond donors (Lipinski definition) is 1. The molecule has 0 unspecified atom stereocenters. The van der Waals surface area contributed by atoms with Gasteiger partial charge >= 0.3 is 6.18 Å². The van der Waals surface area contributed by atoms with Crippen LogP contribution in [0.15, 0.2) is 22.9 Å². The molecule has 1 aliphatic carbocycles. The van der Waals surface area contributed by atoms with E-state index in [4.69, 9.17) is 9.78 Å². The quantitative estimate of drug-likeness (QED) is 0.908. The molecule has 7 nitrogen and oxygen atoms in total. The Balaban J connectivity index is 1.76. The second-order valence-electron chi connectivity index (χ2n) is 5.77. The Labute approximate surface area is 139 Å². The SMILES string of the molecule is C[C@H](NC(=O)C1(C#N)CC1)c1nc(-c2ccnc(C(F)(F)F)c2)no1. The van der Waals surface area contributed by atoms with Gasteiger partial charge in [0.2, 0.25) is 17.6 Å². The monoisotopic (exact) mass is 351 g/mol. The predicted molar refractivity (Wildman–Crippen MR) is 76.4 cm³/mol. The molecular formula is C15H12F3N5O2. The van der Waals surface area contributed by atoms with Gasteiger partial charge in [0.05, 0.1) is 6.07 Å². The first-order chi connectivity index (χ1) is 11.7. The summed E-state index contributed by atoms with van der Waals surface area (Å²) in [4.78, 5) is 19.3. The number of aromatic nitrogens is 3. The van der Waals surface area contributed by atoms with Gasteiger partial charge in [-0.2, -0.15) is 23.4 Å². The van der Waals surface area contributed by atoms with Crippen LogP contribution in [-0.2, 0) is 11.0 Å². The number of pyridine rings is 1. The van der Waals surface area contributed by atoms with Crippen LogP contribution in [0.4, 0.5) is 13.2 Å². The van der Waals surface area contributed by atoms with Crippen molar-refractivity contribution >= 4 is 5.91 Å². The topological polar surface area (TPSA) is 105 Å². The molecule has 25 heavy (non-hydrogen) atoms. The second kappa shape index (κ2) is 5.84. The minimum Gasteiger partial charge on any atom is -0.343 e. The smallest absolute Gasteiger partial charge is 0.343 e. The maximum atomic E-state index is 12.7. The van der Waals surface area contributed by atoms with Crippen LogP contribution in [0.3, 0.4) is 0 Å². The van der Waals surface area contributed by atoms with E-state index in [-0.39, 0.29) is 17.3 Å². The van der Waals surface area contributed by atoms with Crippen LogP contribution in [-0.4, -0.2) is 21.0 Å². The van der Waals surface area contributed by atoms with Crippen LogP contribution in [0.2, 0.25) is 0 Å². The second-order valence-corrected chi connectivity index (χ2v) is 5.77. The lowest BCUT2D eigenvalue weighted by Crippen LogP contribution is -2.33. The van der Waals surface area contributed by atoms with E-state index in [1.54, 1.807) is 6.92 Å². The fourth-order valence-electron chi connectivity index (χ4n) is 2.16. The molecule has 130 valence electrons. The minimum atomic E-state index is -4.58. The Morgan fingerprint density at radius 3 is 2.80 bits per heavy atom. The van der Waals surface area contributed by atoms with Crippen molar-refractivity contribution in [2.24, 2.45) is 5.41 Å². The van der Waals surface area contributed by atoms with Crippen LogP contribution >= 0.6 is 0 Å². The highest BCUT2D eigenvalue weighted by Crippen LogP contribution is 2.45. The lowest BCUT2D eigenvalue weighted by atomic mass is 10.1. The van der Waals surface area contributed by atoms with Crippen molar-refractivity contribution < 1.29 is 22.5 Å². The van der Waals surface area contributed by atoms with Crippen LogP contribution in [0.25, 0.3) is 11.4 Å². The normalized spacial score (nSPS) is 16.8. The van der Waals surface area contributed by atoms with Crippen LogP contribution in [0.1, 0.15) is 37.4 Å². The van der Waals surface area contributed by atoms with E-state index in [1.165, 1.54) is 6.07 Å². The highest BCUT2D eigenvalue weighted by Gasteiger charge is 2.51. The molecule has 2 aromatic rings. The van der Waals surface area contributed by atoms with Gasteiger partial charge in [-0.05, 0) is 31.9 Å². The molecule has 0 radical (unpaired) electrons. The summed E-state index contributed by atoms with van der Waals surface area (Å²) in [5, 5.41) is 15.2. The molecule has 1 atom stereocenters. The van der Waals surface area contributed by atoms with Crippen molar-refractivity contribution in [2.45, 2.75) is 32.0 Å². The summed E-state index contributed by atoms with van der Waals surface area (Å²) in [5.41, 5.74) is -1.97. The van der Waals surface area contributed by atoms with Gasteiger partial charge in [0.1, 0.15) is 17.2 Å². The molecule has 0 saturated heterocycles. The van der Waals surface area contributed by atoms with Crippen molar-refractivity contribution in [1.29, 1.82) is 5.26 Å². The summed E-state index contributed by atoms with van der Waals surface area (Å²) in [6.45, 7) is 1.58. The molecule has 1 aliphatic rings. The fraction of sp³-hybridized carbons (Fsp3) is 0.400. The van der Waals surface area contributed by atoms with Crippen LogP contribution in [0.5, 0.6) is 0 Å². The van der Waals surface area contributed by atoms with Gasteiger partial charge in [0.25, 0.3) is 0 Å². The third-order valence-corrected chi connectivity index (χ3v) is 3.87. The van der Waals surface area contributed by atoms with Crippen LogP contribution < -0.4 is 5.32 Å². The van der Waals surface area contributed by atoms with Gasteiger partial charge in [-0.3, -0.25) is 9.78 Å². The van der Waals surface area contributed by atoms with Gasteiger partial charge in [0.15, 0.2) is 0 Å². The fourth-order valence-corrected chi connectivity index (χ4v) is 2.16. The molecule has 1 fully saturated rings. The van der Waals surface area contributed by atoms with Gasteiger partial charge in [-0.15, -0.1) is 0 Å². The first-order valence-corrected chi connectivity index (χ1v) is 7.35. The molecule has 3 rings (SSSR count). The molecule has 1 saturated carbocycles. The van der Waals surface area contributed by atoms with Gasteiger partial charge < -0.3 is 9.84 Å². The first kappa shape index (κ1) is 16.9. The number of amides is 1.